The van der Waals surface area contributed by atoms with E-state index < -0.39 is 0 Å². The lowest BCUT2D eigenvalue weighted by Crippen LogP contribution is -2.41. The average molecular weight is 343 g/mol. The van der Waals surface area contributed by atoms with Gasteiger partial charge in [0.05, 0.1) is 13.7 Å². The standard InChI is InChI=1S/C21H29NO3/c1-24-16-6-8-17(9-7-16)25-14-15-10-12-22(13-11-15)21(23)20-18-4-2-3-5-19(18)20/h6-9,15,18-20H,2-5,10-14H2,1H3/t18-,19-/m0/s1. The molecule has 1 heterocycles. The third-order valence-corrected chi connectivity index (χ3v) is 6.41. The van der Waals surface area contributed by atoms with Crippen molar-refractivity contribution in [2.75, 3.05) is 26.8 Å². The van der Waals surface area contributed by atoms with Gasteiger partial charge < -0.3 is 14.4 Å². The van der Waals surface area contributed by atoms with E-state index >= 15 is 0 Å². The molecule has 0 spiro atoms. The Kier molecular flexibility index (Phi) is 4.87. The van der Waals surface area contributed by atoms with Crippen LogP contribution in [0.1, 0.15) is 38.5 Å². The van der Waals surface area contributed by atoms with Gasteiger partial charge in [-0.15, -0.1) is 0 Å². The minimum absolute atomic E-state index is 0.370. The minimum atomic E-state index is 0.370. The molecule has 25 heavy (non-hydrogen) atoms. The highest BCUT2D eigenvalue weighted by molar-refractivity contribution is 5.82. The number of hydrogen-bond acceptors (Lipinski definition) is 3. The highest BCUT2D eigenvalue weighted by Gasteiger charge is 2.55. The Hall–Kier alpha value is -1.71. The summed E-state index contributed by atoms with van der Waals surface area (Å²) in [6.07, 6.45) is 7.35. The smallest absolute Gasteiger partial charge is 0.226 e. The van der Waals surface area contributed by atoms with Gasteiger partial charge in [0.15, 0.2) is 0 Å². The van der Waals surface area contributed by atoms with Crippen molar-refractivity contribution >= 4 is 5.91 Å². The van der Waals surface area contributed by atoms with Crippen LogP contribution in [0.2, 0.25) is 0 Å². The van der Waals surface area contributed by atoms with E-state index in [4.69, 9.17) is 9.47 Å². The number of rotatable bonds is 5. The molecule has 0 radical (unpaired) electrons. The molecule has 2 saturated carbocycles. The zero-order chi connectivity index (χ0) is 17.2. The summed E-state index contributed by atoms with van der Waals surface area (Å²) in [7, 11) is 1.67. The van der Waals surface area contributed by atoms with E-state index in [-0.39, 0.29) is 0 Å². The number of fused-ring (bicyclic) bond motifs is 1. The molecule has 3 fully saturated rings. The minimum Gasteiger partial charge on any atom is -0.497 e. The van der Waals surface area contributed by atoms with Crippen LogP contribution < -0.4 is 9.47 Å². The molecule has 1 saturated heterocycles. The van der Waals surface area contributed by atoms with E-state index in [0.29, 0.717) is 17.7 Å². The van der Waals surface area contributed by atoms with Crippen molar-refractivity contribution in [1.82, 2.24) is 4.90 Å². The molecule has 0 bridgehead atoms. The van der Waals surface area contributed by atoms with Crippen molar-refractivity contribution < 1.29 is 14.3 Å². The fourth-order valence-electron chi connectivity index (χ4n) is 4.78. The summed E-state index contributed by atoms with van der Waals surface area (Å²) in [5.41, 5.74) is 0. The van der Waals surface area contributed by atoms with E-state index in [0.717, 1.165) is 55.9 Å². The zero-order valence-corrected chi connectivity index (χ0v) is 15.2. The van der Waals surface area contributed by atoms with E-state index in [1.165, 1.54) is 25.7 Å². The fourth-order valence-corrected chi connectivity index (χ4v) is 4.78. The number of amides is 1. The van der Waals surface area contributed by atoms with Crippen LogP contribution in [0.3, 0.4) is 0 Å². The van der Waals surface area contributed by atoms with Gasteiger partial charge in [0, 0.05) is 19.0 Å². The van der Waals surface area contributed by atoms with E-state index in [1.807, 2.05) is 24.3 Å². The van der Waals surface area contributed by atoms with Crippen molar-refractivity contribution in [3.63, 3.8) is 0 Å². The summed E-state index contributed by atoms with van der Waals surface area (Å²) in [5, 5.41) is 0. The highest BCUT2D eigenvalue weighted by atomic mass is 16.5. The molecule has 4 rings (SSSR count). The molecule has 1 aliphatic heterocycles. The van der Waals surface area contributed by atoms with Gasteiger partial charge in [-0.25, -0.2) is 0 Å². The molecule has 3 aliphatic rings. The molecular weight excluding hydrogens is 314 g/mol. The van der Waals surface area contributed by atoms with Crippen LogP contribution in [0.5, 0.6) is 11.5 Å². The molecule has 136 valence electrons. The predicted octanol–water partition coefficient (Wildman–Crippen LogP) is 3.75. The van der Waals surface area contributed by atoms with Gasteiger partial charge in [-0.05, 0) is 67.7 Å². The molecule has 4 heteroatoms. The van der Waals surface area contributed by atoms with Crippen LogP contribution in [0.4, 0.5) is 0 Å². The second-order valence-corrected chi connectivity index (χ2v) is 7.89. The summed E-state index contributed by atoms with van der Waals surface area (Å²) in [5.74, 6) is 4.55. The van der Waals surface area contributed by atoms with Gasteiger partial charge >= 0.3 is 0 Å². The Morgan fingerprint density at radius 3 is 2.20 bits per heavy atom. The van der Waals surface area contributed by atoms with Gasteiger partial charge in [0.2, 0.25) is 5.91 Å². The summed E-state index contributed by atoms with van der Waals surface area (Å²) in [4.78, 5) is 14.9. The van der Waals surface area contributed by atoms with Gasteiger partial charge in [-0.1, -0.05) is 12.8 Å². The Bertz CT molecular complexity index is 580. The Morgan fingerprint density at radius 1 is 1.00 bits per heavy atom. The number of carbonyl (C=O) groups excluding carboxylic acids is 1. The predicted molar refractivity (Wildman–Crippen MR) is 96.7 cm³/mol. The Morgan fingerprint density at radius 2 is 1.60 bits per heavy atom. The summed E-state index contributed by atoms with van der Waals surface area (Å²) < 4.78 is 11.1. The fraction of sp³-hybridized carbons (Fsp3) is 0.667. The van der Waals surface area contributed by atoms with Crippen molar-refractivity contribution in [3.05, 3.63) is 24.3 Å². The third kappa shape index (κ3) is 3.63. The number of hydrogen-bond donors (Lipinski definition) is 0. The molecule has 0 aromatic heterocycles. The average Bonchev–Trinajstić information content (AvgIpc) is 3.41. The van der Waals surface area contributed by atoms with Crippen LogP contribution in [0.25, 0.3) is 0 Å². The van der Waals surface area contributed by atoms with Crippen molar-refractivity contribution in [2.45, 2.75) is 38.5 Å². The number of nitrogens with zero attached hydrogens (tertiary/aromatic N) is 1. The normalized spacial score (nSPS) is 29.0. The topological polar surface area (TPSA) is 38.8 Å². The SMILES string of the molecule is COc1ccc(OCC2CCN(C(=O)C3[C@H]4CCCC[C@H]34)CC2)cc1. The van der Waals surface area contributed by atoms with E-state index in [2.05, 4.69) is 4.90 Å². The summed E-state index contributed by atoms with van der Waals surface area (Å²) >= 11 is 0. The van der Waals surface area contributed by atoms with Crippen LogP contribution in [-0.2, 0) is 4.79 Å². The number of piperidine rings is 1. The lowest BCUT2D eigenvalue weighted by atomic mass is 9.97. The molecule has 4 nitrogen and oxygen atoms in total. The first-order valence-corrected chi connectivity index (χ1v) is 9.82. The summed E-state index contributed by atoms with van der Waals surface area (Å²) in [6.45, 7) is 2.56. The number of likely N-dealkylation sites (tertiary alicyclic amines) is 1. The monoisotopic (exact) mass is 343 g/mol. The molecule has 0 unspecified atom stereocenters. The number of ether oxygens (including phenoxy) is 2. The van der Waals surface area contributed by atoms with Gasteiger partial charge in [-0.3, -0.25) is 4.79 Å². The zero-order valence-electron chi connectivity index (χ0n) is 15.2. The largest absolute Gasteiger partial charge is 0.497 e. The van der Waals surface area contributed by atoms with Crippen LogP contribution in [0, 0.1) is 23.7 Å². The first kappa shape index (κ1) is 16.7. The number of carbonyl (C=O) groups is 1. The van der Waals surface area contributed by atoms with Crippen LogP contribution in [0.15, 0.2) is 24.3 Å². The Balaban J connectivity index is 1.21. The highest BCUT2D eigenvalue weighted by Crippen LogP contribution is 2.56. The number of benzene rings is 1. The maximum atomic E-state index is 12.8. The molecule has 1 aromatic rings. The molecule has 2 aliphatic carbocycles. The van der Waals surface area contributed by atoms with Crippen molar-refractivity contribution in [2.24, 2.45) is 23.7 Å². The molecule has 1 aromatic carbocycles. The first-order valence-electron chi connectivity index (χ1n) is 9.82. The lowest BCUT2D eigenvalue weighted by Gasteiger charge is -2.32. The Labute approximate surface area is 150 Å². The molecule has 0 N–H and O–H groups in total. The van der Waals surface area contributed by atoms with E-state index in [1.54, 1.807) is 7.11 Å². The van der Waals surface area contributed by atoms with Crippen LogP contribution >= 0.6 is 0 Å². The molecular formula is C21H29NO3. The summed E-state index contributed by atoms with van der Waals surface area (Å²) in [6, 6.07) is 7.75. The number of methoxy groups -OCH3 is 1. The first-order chi connectivity index (χ1) is 12.3. The van der Waals surface area contributed by atoms with Crippen LogP contribution in [-0.4, -0.2) is 37.6 Å². The third-order valence-electron chi connectivity index (χ3n) is 6.41. The maximum absolute atomic E-state index is 12.8. The van der Waals surface area contributed by atoms with Gasteiger partial charge in [-0.2, -0.15) is 0 Å². The lowest BCUT2D eigenvalue weighted by molar-refractivity contribution is -0.134. The second kappa shape index (κ2) is 7.27. The van der Waals surface area contributed by atoms with Crippen molar-refractivity contribution in [1.29, 1.82) is 0 Å². The maximum Gasteiger partial charge on any atom is 0.226 e. The van der Waals surface area contributed by atoms with Gasteiger partial charge in [0.1, 0.15) is 11.5 Å². The van der Waals surface area contributed by atoms with E-state index in [9.17, 15) is 4.79 Å². The van der Waals surface area contributed by atoms with Crippen molar-refractivity contribution in [3.8, 4) is 11.5 Å². The second-order valence-electron chi connectivity index (χ2n) is 7.89. The quantitative estimate of drug-likeness (QED) is 0.817. The molecule has 2 atom stereocenters. The molecule has 1 amide bonds. The van der Waals surface area contributed by atoms with Gasteiger partial charge in [0.25, 0.3) is 0 Å².